The summed E-state index contributed by atoms with van der Waals surface area (Å²) in [4.78, 5) is 10.7. The summed E-state index contributed by atoms with van der Waals surface area (Å²) in [5, 5.41) is 11.5. The third-order valence-electron chi connectivity index (χ3n) is 3.63. The van der Waals surface area contributed by atoms with Gasteiger partial charge in [-0.15, -0.1) is 0 Å². The first kappa shape index (κ1) is 14.5. The molecular weight excluding hydrogens is 258 g/mol. The van der Waals surface area contributed by atoms with Crippen molar-refractivity contribution in [2.24, 2.45) is 16.8 Å². The van der Waals surface area contributed by atoms with Crippen LogP contribution in [0.25, 0.3) is 0 Å². The number of hydrogen-bond donors (Lipinski definition) is 2. The molecule has 0 spiro atoms. The first-order chi connectivity index (χ1) is 9.67. The number of aromatic nitrogens is 2. The summed E-state index contributed by atoms with van der Waals surface area (Å²) in [6.07, 6.45) is 5.70. The fraction of sp³-hybridized carbons (Fsp3) is 0.615. The Kier molecular flexibility index (Phi) is 4.73. The molecule has 7 heteroatoms. The SMILES string of the molecule is COCCN(c1cnc(C(N)=NO)cn1)C(C)C1CC1. The maximum Gasteiger partial charge on any atom is 0.190 e. The van der Waals surface area contributed by atoms with Crippen molar-refractivity contribution in [1.82, 2.24) is 9.97 Å². The summed E-state index contributed by atoms with van der Waals surface area (Å²) in [6.45, 7) is 3.61. The van der Waals surface area contributed by atoms with Crippen molar-refractivity contribution < 1.29 is 9.94 Å². The maximum atomic E-state index is 8.62. The van der Waals surface area contributed by atoms with Gasteiger partial charge in [-0.1, -0.05) is 5.16 Å². The Hall–Kier alpha value is -1.89. The third kappa shape index (κ3) is 3.36. The van der Waals surface area contributed by atoms with E-state index in [4.69, 9.17) is 15.7 Å². The molecule has 1 fully saturated rings. The first-order valence-electron chi connectivity index (χ1n) is 6.73. The molecule has 0 aliphatic heterocycles. The van der Waals surface area contributed by atoms with E-state index < -0.39 is 0 Å². The lowest BCUT2D eigenvalue weighted by molar-refractivity contribution is 0.202. The van der Waals surface area contributed by atoms with Crippen LogP contribution in [0.4, 0.5) is 5.82 Å². The minimum Gasteiger partial charge on any atom is -0.409 e. The fourth-order valence-corrected chi connectivity index (χ4v) is 2.20. The van der Waals surface area contributed by atoms with Gasteiger partial charge in [0, 0.05) is 19.7 Å². The molecule has 3 N–H and O–H groups in total. The highest BCUT2D eigenvalue weighted by Gasteiger charge is 2.32. The molecule has 110 valence electrons. The van der Waals surface area contributed by atoms with Gasteiger partial charge in [0.1, 0.15) is 11.5 Å². The van der Waals surface area contributed by atoms with Crippen LogP contribution in [0.3, 0.4) is 0 Å². The van der Waals surface area contributed by atoms with Crippen LogP contribution in [0, 0.1) is 5.92 Å². The summed E-state index contributed by atoms with van der Waals surface area (Å²) in [6, 6.07) is 0.411. The molecule has 2 rings (SSSR count). The Morgan fingerprint density at radius 1 is 1.55 bits per heavy atom. The predicted molar refractivity (Wildman–Crippen MR) is 76.0 cm³/mol. The molecule has 1 saturated carbocycles. The molecular formula is C13H21N5O2. The molecule has 1 aromatic heterocycles. The van der Waals surface area contributed by atoms with Gasteiger partial charge in [0.2, 0.25) is 0 Å². The monoisotopic (exact) mass is 279 g/mol. The van der Waals surface area contributed by atoms with E-state index in [2.05, 4.69) is 26.9 Å². The first-order valence-corrected chi connectivity index (χ1v) is 6.73. The van der Waals surface area contributed by atoms with Crippen molar-refractivity contribution in [1.29, 1.82) is 0 Å². The molecule has 1 aliphatic rings. The zero-order valence-electron chi connectivity index (χ0n) is 11.9. The maximum absolute atomic E-state index is 8.62. The van der Waals surface area contributed by atoms with E-state index in [1.807, 2.05) is 0 Å². The lowest BCUT2D eigenvalue weighted by atomic mass is 10.2. The van der Waals surface area contributed by atoms with Crippen LogP contribution in [0.1, 0.15) is 25.5 Å². The standard InChI is InChI=1S/C13H21N5O2/c1-9(10-3-4-10)18(5-6-20-2)12-8-15-11(7-16-12)13(14)17-19/h7-10,19H,3-6H2,1-2H3,(H2,14,17). The number of hydrogen-bond acceptors (Lipinski definition) is 6. The van der Waals surface area contributed by atoms with Crippen molar-refractivity contribution in [3.63, 3.8) is 0 Å². The molecule has 0 amide bonds. The van der Waals surface area contributed by atoms with Crippen molar-refractivity contribution in [3.05, 3.63) is 18.1 Å². The van der Waals surface area contributed by atoms with E-state index in [9.17, 15) is 0 Å². The summed E-state index contributed by atoms with van der Waals surface area (Å²) >= 11 is 0. The van der Waals surface area contributed by atoms with Gasteiger partial charge in [0.25, 0.3) is 0 Å². The van der Waals surface area contributed by atoms with Gasteiger partial charge in [-0.25, -0.2) is 9.97 Å². The Balaban J connectivity index is 2.14. The quantitative estimate of drug-likeness (QED) is 0.332. The van der Waals surface area contributed by atoms with Crippen LogP contribution in [0.2, 0.25) is 0 Å². The van der Waals surface area contributed by atoms with E-state index in [1.165, 1.54) is 19.0 Å². The second-order valence-electron chi connectivity index (χ2n) is 5.01. The van der Waals surface area contributed by atoms with Crippen LogP contribution in [-0.4, -0.2) is 47.3 Å². The molecule has 1 unspecified atom stereocenters. The van der Waals surface area contributed by atoms with Crippen LogP contribution < -0.4 is 10.6 Å². The third-order valence-corrected chi connectivity index (χ3v) is 3.63. The highest BCUT2D eigenvalue weighted by molar-refractivity contribution is 5.94. The number of rotatable bonds is 7. The zero-order valence-corrected chi connectivity index (χ0v) is 11.9. The Morgan fingerprint density at radius 2 is 2.30 bits per heavy atom. The van der Waals surface area contributed by atoms with Crippen molar-refractivity contribution in [3.8, 4) is 0 Å². The number of ether oxygens (including phenoxy) is 1. The fourth-order valence-electron chi connectivity index (χ4n) is 2.20. The molecule has 0 saturated heterocycles. The molecule has 0 aromatic carbocycles. The minimum absolute atomic E-state index is 0.0391. The average Bonchev–Trinajstić information content (AvgIpc) is 3.32. The topological polar surface area (TPSA) is 96.9 Å². The molecule has 0 radical (unpaired) electrons. The highest BCUT2D eigenvalue weighted by atomic mass is 16.5. The van der Waals surface area contributed by atoms with E-state index in [0.717, 1.165) is 18.3 Å². The Bertz CT molecular complexity index is 458. The summed E-state index contributed by atoms with van der Waals surface area (Å²) in [5.41, 5.74) is 5.85. The average molecular weight is 279 g/mol. The number of oxime groups is 1. The smallest absolute Gasteiger partial charge is 0.190 e. The molecule has 0 bridgehead atoms. The van der Waals surface area contributed by atoms with Gasteiger partial charge in [-0.2, -0.15) is 0 Å². The van der Waals surface area contributed by atoms with E-state index in [1.54, 1.807) is 13.3 Å². The number of amidine groups is 1. The number of nitrogens with two attached hydrogens (primary N) is 1. The molecule has 1 atom stereocenters. The minimum atomic E-state index is -0.0391. The molecule has 20 heavy (non-hydrogen) atoms. The summed E-state index contributed by atoms with van der Waals surface area (Å²) < 4.78 is 5.16. The second-order valence-corrected chi connectivity index (χ2v) is 5.01. The largest absolute Gasteiger partial charge is 0.409 e. The number of anilines is 1. The normalized spacial score (nSPS) is 17.0. The summed E-state index contributed by atoms with van der Waals surface area (Å²) in [5.74, 6) is 1.47. The van der Waals surface area contributed by atoms with E-state index in [-0.39, 0.29) is 5.84 Å². The lowest BCUT2D eigenvalue weighted by Crippen LogP contribution is -2.38. The number of nitrogens with zero attached hydrogens (tertiary/aromatic N) is 4. The summed E-state index contributed by atoms with van der Waals surface area (Å²) in [7, 11) is 1.69. The van der Waals surface area contributed by atoms with Gasteiger partial charge in [-0.3, -0.25) is 0 Å². The van der Waals surface area contributed by atoms with E-state index in [0.29, 0.717) is 18.3 Å². The highest BCUT2D eigenvalue weighted by Crippen LogP contribution is 2.36. The van der Waals surface area contributed by atoms with E-state index >= 15 is 0 Å². The molecule has 1 aromatic rings. The van der Waals surface area contributed by atoms with Crippen LogP contribution in [-0.2, 0) is 4.74 Å². The molecule has 1 heterocycles. The van der Waals surface area contributed by atoms with Crippen molar-refractivity contribution >= 4 is 11.7 Å². The Morgan fingerprint density at radius 3 is 2.80 bits per heavy atom. The van der Waals surface area contributed by atoms with Crippen LogP contribution in [0.5, 0.6) is 0 Å². The van der Waals surface area contributed by atoms with Crippen LogP contribution >= 0.6 is 0 Å². The van der Waals surface area contributed by atoms with Gasteiger partial charge in [-0.05, 0) is 25.7 Å². The molecule has 7 nitrogen and oxygen atoms in total. The van der Waals surface area contributed by atoms with Crippen molar-refractivity contribution in [2.75, 3.05) is 25.2 Å². The van der Waals surface area contributed by atoms with Crippen LogP contribution in [0.15, 0.2) is 17.5 Å². The van der Waals surface area contributed by atoms with Gasteiger partial charge in [0.15, 0.2) is 5.84 Å². The molecule has 1 aliphatic carbocycles. The predicted octanol–water partition coefficient (Wildman–Crippen LogP) is 0.822. The second kappa shape index (κ2) is 6.51. The van der Waals surface area contributed by atoms with Crippen molar-refractivity contribution in [2.45, 2.75) is 25.8 Å². The Labute approximate surface area is 118 Å². The van der Waals surface area contributed by atoms with Gasteiger partial charge < -0.3 is 20.6 Å². The lowest BCUT2D eigenvalue weighted by Gasteiger charge is -2.30. The van der Waals surface area contributed by atoms with Gasteiger partial charge in [0.05, 0.1) is 19.0 Å². The van der Waals surface area contributed by atoms with Gasteiger partial charge >= 0.3 is 0 Å². The zero-order chi connectivity index (χ0) is 14.5. The number of methoxy groups -OCH3 is 1.